The van der Waals surface area contributed by atoms with Crippen LogP contribution in [0.2, 0.25) is 0 Å². The molecule has 0 aromatic carbocycles. The highest BCUT2D eigenvalue weighted by molar-refractivity contribution is 5.80. The molecule has 0 radical (unpaired) electrons. The smallest absolute Gasteiger partial charge is 0.251 e. The quantitative estimate of drug-likeness (QED) is 0.741. The molecule has 98 valence electrons. The fourth-order valence-electron chi connectivity index (χ4n) is 2.93. The van der Waals surface area contributed by atoms with Crippen molar-refractivity contribution in [2.24, 2.45) is 0 Å². The van der Waals surface area contributed by atoms with Crippen LogP contribution in [0.3, 0.4) is 0 Å². The Balaban J connectivity index is 1.79. The van der Waals surface area contributed by atoms with E-state index in [9.17, 15) is 4.79 Å². The van der Waals surface area contributed by atoms with Gasteiger partial charge in [0.05, 0.1) is 0 Å². The molecule has 1 aliphatic carbocycles. The van der Waals surface area contributed by atoms with Gasteiger partial charge in [-0.2, -0.15) is 0 Å². The van der Waals surface area contributed by atoms with Crippen LogP contribution < -0.4 is 0 Å². The Hall–Kier alpha value is -0.610. The number of nitrogens with zero attached hydrogens (tertiary/aromatic N) is 2. The van der Waals surface area contributed by atoms with Crippen LogP contribution in [0.25, 0.3) is 0 Å². The van der Waals surface area contributed by atoms with E-state index in [0.29, 0.717) is 0 Å². The van der Waals surface area contributed by atoms with Crippen molar-refractivity contribution in [3.05, 3.63) is 0 Å². The molecular weight excluding hydrogens is 216 g/mol. The monoisotopic (exact) mass is 240 g/mol. The lowest BCUT2D eigenvalue weighted by Crippen LogP contribution is -2.53. The van der Waals surface area contributed by atoms with Crippen molar-refractivity contribution in [2.75, 3.05) is 33.3 Å². The van der Waals surface area contributed by atoms with Crippen molar-refractivity contribution in [3.8, 4) is 0 Å². The predicted molar refractivity (Wildman–Crippen MR) is 66.9 cm³/mol. The van der Waals surface area contributed by atoms with Crippen molar-refractivity contribution in [1.29, 1.82) is 0 Å². The summed E-state index contributed by atoms with van der Waals surface area (Å²) in [7, 11) is 1.59. The van der Waals surface area contributed by atoms with Crippen LogP contribution in [0.5, 0.6) is 0 Å². The predicted octanol–water partition coefficient (Wildman–Crippen LogP) is 1.11. The van der Waals surface area contributed by atoms with E-state index in [2.05, 4.69) is 4.90 Å². The van der Waals surface area contributed by atoms with Gasteiger partial charge in [-0.1, -0.05) is 12.8 Å². The summed E-state index contributed by atoms with van der Waals surface area (Å²) in [5.74, 6) is 0.138. The minimum Gasteiger partial charge on any atom is -0.372 e. The van der Waals surface area contributed by atoms with Crippen LogP contribution >= 0.6 is 0 Å². The highest BCUT2D eigenvalue weighted by Crippen LogP contribution is 2.24. The molecule has 0 N–H and O–H groups in total. The number of piperazine rings is 1. The second-order valence-corrected chi connectivity index (χ2v) is 5.18. The van der Waals surface area contributed by atoms with E-state index in [0.717, 1.165) is 32.2 Å². The van der Waals surface area contributed by atoms with Crippen molar-refractivity contribution in [1.82, 2.24) is 9.80 Å². The number of rotatable bonds is 3. The van der Waals surface area contributed by atoms with Gasteiger partial charge >= 0.3 is 0 Å². The molecule has 1 heterocycles. The number of carbonyl (C=O) groups is 1. The van der Waals surface area contributed by atoms with Crippen LogP contribution in [0.15, 0.2) is 0 Å². The molecule has 2 aliphatic rings. The first kappa shape index (κ1) is 12.8. The van der Waals surface area contributed by atoms with E-state index >= 15 is 0 Å². The molecule has 4 nitrogen and oxygen atoms in total. The maximum absolute atomic E-state index is 11.9. The van der Waals surface area contributed by atoms with E-state index in [-0.39, 0.29) is 12.0 Å². The van der Waals surface area contributed by atoms with Crippen LogP contribution in [-0.4, -0.2) is 61.1 Å². The highest BCUT2D eigenvalue weighted by Gasteiger charge is 2.29. The molecule has 1 saturated carbocycles. The third kappa shape index (κ3) is 2.99. The Kier molecular flexibility index (Phi) is 4.40. The van der Waals surface area contributed by atoms with Gasteiger partial charge in [-0.3, -0.25) is 9.69 Å². The zero-order chi connectivity index (χ0) is 12.3. The van der Waals surface area contributed by atoms with Gasteiger partial charge in [-0.05, 0) is 19.8 Å². The zero-order valence-electron chi connectivity index (χ0n) is 11.0. The third-order valence-electron chi connectivity index (χ3n) is 4.17. The summed E-state index contributed by atoms with van der Waals surface area (Å²) in [6.45, 7) is 5.62. The van der Waals surface area contributed by atoms with Gasteiger partial charge in [0.15, 0.2) is 0 Å². The maximum atomic E-state index is 11.9. The lowest BCUT2D eigenvalue weighted by atomic mass is 10.1. The molecule has 1 saturated heterocycles. The molecule has 0 aromatic heterocycles. The molecule has 1 aliphatic heterocycles. The highest BCUT2D eigenvalue weighted by atomic mass is 16.5. The fraction of sp³-hybridized carbons (Fsp3) is 0.923. The first-order valence-corrected chi connectivity index (χ1v) is 6.78. The van der Waals surface area contributed by atoms with Crippen molar-refractivity contribution < 1.29 is 9.53 Å². The summed E-state index contributed by atoms with van der Waals surface area (Å²) in [6.07, 6.45) is 5.16. The van der Waals surface area contributed by atoms with E-state index in [1.54, 1.807) is 7.11 Å². The van der Waals surface area contributed by atoms with E-state index in [4.69, 9.17) is 4.74 Å². The van der Waals surface area contributed by atoms with Crippen LogP contribution in [0.1, 0.15) is 32.6 Å². The van der Waals surface area contributed by atoms with E-state index in [1.165, 1.54) is 25.7 Å². The van der Waals surface area contributed by atoms with Crippen molar-refractivity contribution in [2.45, 2.75) is 44.8 Å². The van der Waals surface area contributed by atoms with Gasteiger partial charge in [0.2, 0.25) is 0 Å². The van der Waals surface area contributed by atoms with Gasteiger partial charge < -0.3 is 9.64 Å². The molecule has 0 bridgehead atoms. The first-order valence-electron chi connectivity index (χ1n) is 6.78. The number of ether oxygens (including phenoxy) is 1. The van der Waals surface area contributed by atoms with Crippen molar-refractivity contribution in [3.63, 3.8) is 0 Å². The second kappa shape index (κ2) is 5.83. The van der Waals surface area contributed by atoms with Crippen LogP contribution in [0.4, 0.5) is 0 Å². The summed E-state index contributed by atoms with van der Waals surface area (Å²) in [5.41, 5.74) is 0. The standard InChI is InChI=1S/C13H24N2O2/c1-11(17-2)13(16)15-9-7-14(8-10-15)12-5-3-4-6-12/h11-12H,3-10H2,1-2H3. The van der Waals surface area contributed by atoms with E-state index < -0.39 is 0 Å². The average Bonchev–Trinajstić information content (AvgIpc) is 2.91. The van der Waals surface area contributed by atoms with Gasteiger partial charge in [0.1, 0.15) is 6.10 Å². The summed E-state index contributed by atoms with van der Waals surface area (Å²) >= 11 is 0. The molecule has 1 unspecified atom stereocenters. The summed E-state index contributed by atoms with van der Waals surface area (Å²) in [6, 6.07) is 0.784. The molecule has 2 rings (SSSR count). The fourth-order valence-corrected chi connectivity index (χ4v) is 2.93. The summed E-state index contributed by atoms with van der Waals surface area (Å²) in [5, 5.41) is 0. The molecule has 2 fully saturated rings. The Morgan fingerprint density at radius 1 is 1.18 bits per heavy atom. The average molecular weight is 240 g/mol. The zero-order valence-corrected chi connectivity index (χ0v) is 11.0. The van der Waals surface area contributed by atoms with Gasteiger partial charge in [0, 0.05) is 39.3 Å². The molecule has 1 atom stereocenters. The SMILES string of the molecule is COC(C)C(=O)N1CCN(C2CCCC2)CC1. The maximum Gasteiger partial charge on any atom is 0.251 e. The van der Waals surface area contributed by atoms with Gasteiger partial charge in [-0.25, -0.2) is 0 Å². The molecule has 4 heteroatoms. The van der Waals surface area contributed by atoms with Gasteiger partial charge in [-0.15, -0.1) is 0 Å². The molecule has 0 spiro atoms. The number of carbonyl (C=O) groups excluding carboxylic acids is 1. The topological polar surface area (TPSA) is 32.8 Å². The number of hydrogen-bond donors (Lipinski definition) is 0. The minimum absolute atomic E-state index is 0.138. The Morgan fingerprint density at radius 3 is 2.29 bits per heavy atom. The molecule has 1 amide bonds. The summed E-state index contributed by atoms with van der Waals surface area (Å²) < 4.78 is 5.09. The van der Waals surface area contributed by atoms with Crippen LogP contribution in [-0.2, 0) is 9.53 Å². The second-order valence-electron chi connectivity index (χ2n) is 5.18. The minimum atomic E-state index is -0.298. The van der Waals surface area contributed by atoms with E-state index in [1.807, 2.05) is 11.8 Å². The molecule has 17 heavy (non-hydrogen) atoms. The Morgan fingerprint density at radius 2 is 1.76 bits per heavy atom. The Bertz CT molecular complexity index is 256. The normalized spacial score (nSPS) is 25.2. The number of hydrogen-bond acceptors (Lipinski definition) is 3. The number of methoxy groups -OCH3 is 1. The first-order chi connectivity index (χ1) is 8.22. The van der Waals surface area contributed by atoms with Crippen molar-refractivity contribution >= 4 is 5.91 Å². The van der Waals surface area contributed by atoms with Crippen LogP contribution in [0, 0.1) is 0 Å². The summed E-state index contributed by atoms with van der Waals surface area (Å²) in [4.78, 5) is 16.4. The lowest BCUT2D eigenvalue weighted by molar-refractivity contribution is -0.143. The van der Waals surface area contributed by atoms with Gasteiger partial charge in [0.25, 0.3) is 5.91 Å². The third-order valence-corrected chi connectivity index (χ3v) is 4.17. The lowest BCUT2D eigenvalue weighted by Gasteiger charge is -2.38. The largest absolute Gasteiger partial charge is 0.372 e. The number of amides is 1. The molecule has 0 aromatic rings. The molecular formula is C13H24N2O2. The Labute approximate surface area is 104 Å².